The number of nitrogens with zero attached hydrogens (tertiary/aromatic N) is 1. The summed E-state index contributed by atoms with van der Waals surface area (Å²) in [5.74, 6) is -2.46. The molecule has 0 aliphatic heterocycles. The van der Waals surface area contributed by atoms with E-state index in [0.29, 0.717) is 24.1 Å². The van der Waals surface area contributed by atoms with Crippen molar-refractivity contribution in [3.8, 4) is 5.75 Å². The lowest BCUT2D eigenvalue weighted by Crippen LogP contribution is -2.10. The minimum Gasteiger partial charge on any atom is -0.506 e. The number of ether oxygens (including phenoxy) is 1. The maximum atomic E-state index is 11.1. The second kappa shape index (κ2) is 6.62. The molecule has 1 aromatic carbocycles. The molecule has 0 saturated heterocycles. The number of carbonyl (C=O) groups is 2. The molecule has 1 heterocycles. The normalized spacial score (nSPS) is 11.2. The number of aromatic nitrogens is 1. The van der Waals surface area contributed by atoms with E-state index in [1.165, 1.54) is 0 Å². The summed E-state index contributed by atoms with van der Waals surface area (Å²) in [6.45, 7) is 0.443. The van der Waals surface area contributed by atoms with E-state index in [4.69, 9.17) is 9.84 Å². The van der Waals surface area contributed by atoms with Gasteiger partial charge in [-0.05, 0) is 29.8 Å². The van der Waals surface area contributed by atoms with E-state index in [1.807, 2.05) is 24.3 Å². The number of hydrogen-bond acceptors (Lipinski definition) is 4. The number of benzene rings is 1. The van der Waals surface area contributed by atoms with Crippen LogP contribution in [0.5, 0.6) is 5.75 Å². The number of aliphatic carboxylic acids is 1. The summed E-state index contributed by atoms with van der Waals surface area (Å²) in [5.41, 5.74) is 1.30. The van der Waals surface area contributed by atoms with Crippen LogP contribution in [-0.2, 0) is 16.1 Å². The third kappa shape index (κ3) is 3.54. The van der Waals surface area contributed by atoms with Crippen LogP contribution in [0.3, 0.4) is 0 Å². The largest absolute Gasteiger partial charge is 0.506 e. The minimum absolute atomic E-state index is 0.359. The van der Waals surface area contributed by atoms with Gasteiger partial charge in [0.25, 0.3) is 5.78 Å². The number of hydrogen-bond donors (Lipinski definition) is 2. The molecule has 6 nitrogen and oxygen atoms in total. The molecule has 22 heavy (non-hydrogen) atoms. The van der Waals surface area contributed by atoms with Crippen LogP contribution in [0.15, 0.2) is 48.7 Å². The van der Waals surface area contributed by atoms with Gasteiger partial charge in [-0.25, -0.2) is 4.79 Å². The summed E-state index contributed by atoms with van der Waals surface area (Å²) in [6, 6.07) is 10.7. The van der Waals surface area contributed by atoms with Gasteiger partial charge in [0.2, 0.25) is 0 Å². The summed E-state index contributed by atoms with van der Waals surface area (Å²) in [6.07, 6.45) is 2.42. The van der Waals surface area contributed by atoms with Gasteiger partial charge in [0.15, 0.2) is 0 Å². The van der Waals surface area contributed by atoms with E-state index < -0.39 is 11.8 Å². The van der Waals surface area contributed by atoms with Gasteiger partial charge in [0.1, 0.15) is 11.5 Å². The van der Waals surface area contributed by atoms with Crippen molar-refractivity contribution in [1.29, 1.82) is 0 Å². The fourth-order valence-electron chi connectivity index (χ4n) is 2.01. The minimum atomic E-state index is -1.61. The van der Waals surface area contributed by atoms with Crippen molar-refractivity contribution >= 4 is 17.5 Å². The second-order valence-corrected chi connectivity index (χ2v) is 4.57. The average Bonchev–Trinajstić information content (AvgIpc) is 2.95. The van der Waals surface area contributed by atoms with Crippen molar-refractivity contribution in [1.82, 2.24) is 4.57 Å². The van der Waals surface area contributed by atoms with Gasteiger partial charge in [-0.1, -0.05) is 12.1 Å². The number of rotatable bonds is 6. The Labute approximate surface area is 126 Å². The predicted molar refractivity (Wildman–Crippen MR) is 79.8 cm³/mol. The van der Waals surface area contributed by atoms with E-state index in [0.717, 1.165) is 5.56 Å². The summed E-state index contributed by atoms with van der Waals surface area (Å²) in [7, 11) is 1.58. The summed E-state index contributed by atoms with van der Waals surface area (Å²) in [5, 5.41) is 18.5. The quantitative estimate of drug-likeness (QED) is 0.484. The van der Waals surface area contributed by atoms with Gasteiger partial charge in [-0.3, -0.25) is 4.79 Å². The van der Waals surface area contributed by atoms with Gasteiger partial charge < -0.3 is 19.5 Å². The van der Waals surface area contributed by atoms with Crippen LogP contribution in [0, 0.1) is 0 Å². The number of carboxylic acid groups (broad SMARTS) is 1. The Morgan fingerprint density at radius 1 is 1.23 bits per heavy atom. The summed E-state index contributed by atoms with van der Waals surface area (Å²) >= 11 is 0. The fraction of sp³-hybridized carbons (Fsp3) is 0.125. The highest BCUT2D eigenvalue weighted by Crippen LogP contribution is 2.17. The number of carbonyl (C=O) groups excluding carboxylic acids is 1. The Morgan fingerprint density at radius 2 is 2.00 bits per heavy atom. The maximum absolute atomic E-state index is 11.1. The molecular formula is C16H15NO5. The topological polar surface area (TPSA) is 88.8 Å². The molecule has 0 amide bonds. The molecule has 0 spiro atoms. The van der Waals surface area contributed by atoms with Crippen LogP contribution in [0.2, 0.25) is 0 Å². The number of aliphatic hydroxyl groups excluding tert-OH is 1. The summed E-state index contributed by atoms with van der Waals surface area (Å²) in [4.78, 5) is 21.7. The number of carboxylic acids is 1. The smallest absolute Gasteiger partial charge is 0.376 e. The Morgan fingerprint density at radius 3 is 2.68 bits per heavy atom. The lowest BCUT2D eigenvalue weighted by atomic mass is 10.2. The lowest BCUT2D eigenvalue weighted by molar-refractivity contribution is -0.146. The summed E-state index contributed by atoms with van der Waals surface area (Å²) < 4.78 is 6.85. The van der Waals surface area contributed by atoms with E-state index >= 15 is 0 Å². The van der Waals surface area contributed by atoms with Gasteiger partial charge in [0.05, 0.1) is 12.8 Å². The van der Waals surface area contributed by atoms with Crippen molar-refractivity contribution in [3.63, 3.8) is 0 Å². The molecule has 0 atom stereocenters. The van der Waals surface area contributed by atoms with Gasteiger partial charge >= 0.3 is 5.97 Å². The van der Waals surface area contributed by atoms with Crippen LogP contribution in [0.25, 0.3) is 5.76 Å². The van der Waals surface area contributed by atoms with E-state index in [9.17, 15) is 14.7 Å². The molecule has 0 aliphatic rings. The standard InChI is InChI=1S/C16H15NO5/c1-22-12-5-2-4-11(8-12)10-17-7-3-6-13(17)14(18)9-15(19)16(20)21/h2-9,18H,10H2,1H3,(H,20,21)/b14-9-. The first kappa shape index (κ1) is 15.4. The molecule has 2 aromatic rings. The molecule has 0 fully saturated rings. The van der Waals surface area contributed by atoms with E-state index in [1.54, 1.807) is 30.0 Å². The van der Waals surface area contributed by atoms with Crippen molar-refractivity contribution in [2.24, 2.45) is 0 Å². The molecule has 0 unspecified atom stereocenters. The SMILES string of the molecule is COc1cccc(Cn2cccc2/C(O)=C/C(=O)C(=O)O)c1. The zero-order chi connectivity index (χ0) is 16.1. The molecular weight excluding hydrogens is 286 g/mol. The first-order valence-electron chi connectivity index (χ1n) is 6.47. The highest BCUT2D eigenvalue weighted by Gasteiger charge is 2.13. The average molecular weight is 301 g/mol. The van der Waals surface area contributed by atoms with Crippen LogP contribution in [0.1, 0.15) is 11.3 Å². The second-order valence-electron chi connectivity index (χ2n) is 4.57. The van der Waals surface area contributed by atoms with Gasteiger partial charge in [0, 0.05) is 18.8 Å². The monoisotopic (exact) mass is 301 g/mol. The number of methoxy groups -OCH3 is 1. The molecule has 2 rings (SSSR count). The van der Waals surface area contributed by atoms with Crippen LogP contribution >= 0.6 is 0 Å². The molecule has 0 radical (unpaired) electrons. The van der Waals surface area contributed by atoms with Crippen LogP contribution in [0.4, 0.5) is 0 Å². The third-order valence-electron chi connectivity index (χ3n) is 3.06. The number of aliphatic hydroxyl groups is 1. The highest BCUT2D eigenvalue weighted by atomic mass is 16.5. The highest BCUT2D eigenvalue weighted by molar-refractivity contribution is 6.38. The van der Waals surface area contributed by atoms with Crippen molar-refractivity contribution in [3.05, 3.63) is 59.9 Å². The number of ketones is 1. The van der Waals surface area contributed by atoms with Gasteiger partial charge in [-0.15, -0.1) is 0 Å². The first-order valence-corrected chi connectivity index (χ1v) is 6.47. The Kier molecular flexibility index (Phi) is 4.63. The molecule has 2 N–H and O–H groups in total. The zero-order valence-corrected chi connectivity index (χ0v) is 11.9. The zero-order valence-electron chi connectivity index (χ0n) is 11.9. The van der Waals surface area contributed by atoms with Crippen LogP contribution in [-0.4, -0.2) is 33.6 Å². The van der Waals surface area contributed by atoms with Crippen molar-refractivity contribution in [2.45, 2.75) is 6.54 Å². The Bertz CT molecular complexity index is 730. The maximum Gasteiger partial charge on any atom is 0.376 e. The van der Waals surface area contributed by atoms with E-state index in [-0.39, 0.29) is 5.76 Å². The molecule has 114 valence electrons. The predicted octanol–water partition coefficient (Wildman–Crippen LogP) is 2.10. The molecule has 1 aromatic heterocycles. The van der Waals surface area contributed by atoms with Crippen molar-refractivity contribution < 1.29 is 24.5 Å². The molecule has 0 saturated carbocycles. The van der Waals surface area contributed by atoms with Crippen molar-refractivity contribution in [2.75, 3.05) is 7.11 Å². The van der Waals surface area contributed by atoms with Gasteiger partial charge in [-0.2, -0.15) is 0 Å². The van der Waals surface area contributed by atoms with E-state index in [2.05, 4.69) is 0 Å². The lowest BCUT2D eigenvalue weighted by Gasteiger charge is -2.10. The molecule has 0 bridgehead atoms. The van der Waals surface area contributed by atoms with Crippen LogP contribution < -0.4 is 4.74 Å². The Hall–Kier alpha value is -3.02. The first-order chi connectivity index (χ1) is 10.5. The third-order valence-corrected chi connectivity index (χ3v) is 3.06. The Balaban J connectivity index is 2.26. The molecule has 6 heteroatoms. The fourth-order valence-corrected chi connectivity index (χ4v) is 2.01. The molecule has 0 aliphatic carbocycles.